The fourth-order valence-corrected chi connectivity index (χ4v) is 4.64. The molecule has 26 heavy (non-hydrogen) atoms. The van der Waals surface area contributed by atoms with Crippen molar-refractivity contribution in [2.24, 2.45) is 5.73 Å². The molecule has 0 bridgehead atoms. The number of hydrogen-bond acceptors (Lipinski definition) is 7. The summed E-state index contributed by atoms with van der Waals surface area (Å²) in [5.41, 5.74) is 6.45. The minimum atomic E-state index is -0.456. The molecular weight excluding hydrogens is 372 g/mol. The smallest absolute Gasteiger partial charge is 0.255 e. The van der Waals surface area contributed by atoms with Gasteiger partial charge in [0.1, 0.15) is 6.10 Å². The number of amides is 2. The summed E-state index contributed by atoms with van der Waals surface area (Å²) in [6, 6.07) is 3.97. The fraction of sp³-hybridized carbons (Fsp3) is 0.471. The standard InChI is InChI=1S/C17H22N4O3S2/c1-9-15(14-6-4-12(26-14)8-19-10(2)22)20-17(25-9)21-16(23)13-5-3-11(7-18)24-13/h4,6,11,13H,3,5,7-8,18H2,1-2H3,(H,19,22)(H,20,21,23)/t11-,13+/m1/s1. The molecule has 1 fully saturated rings. The van der Waals surface area contributed by atoms with Crippen LogP contribution in [0.15, 0.2) is 12.1 Å². The van der Waals surface area contributed by atoms with E-state index in [1.54, 1.807) is 11.3 Å². The first kappa shape index (κ1) is 19.0. The first-order valence-corrected chi connectivity index (χ1v) is 10.1. The lowest BCUT2D eigenvalue weighted by Crippen LogP contribution is -2.29. The second kappa shape index (κ2) is 8.26. The van der Waals surface area contributed by atoms with Crippen molar-refractivity contribution in [1.82, 2.24) is 10.3 Å². The van der Waals surface area contributed by atoms with Crippen molar-refractivity contribution in [2.75, 3.05) is 11.9 Å². The largest absolute Gasteiger partial charge is 0.364 e. The Kier molecular flexibility index (Phi) is 6.02. The van der Waals surface area contributed by atoms with Crippen LogP contribution < -0.4 is 16.4 Å². The van der Waals surface area contributed by atoms with E-state index in [1.165, 1.54) is 18.3 Å². The molecule has 7 nitrogen and oxygen atoms in total. The molecular formula is C17H22N4O3S2. The van der Waals surface area contributed by atoms with E-state index in [0.29, 0.717) is 24.6 Å². The summed E-state index contributed by atoms with van der Waals surface area (Å²) in [7, 11) is 0. The van der Waals surface area contributed by atoms with E-state index in [2.05, 4.69) is 15.6 Å². The van der Waals surface area contributed by atoms with E-state index in [0.717, 1.165) is 26.7 Å². The van der Waals surface area contributed by atoms with Crippen LogP contribution in [0.25, 0.3) is 10.6 Å². The number of anilines is 1. The number of aromatic nitrogens is 1. The Hall–Kier alpha value is -1.81. The zero-order chi connectivity index (χ0) is 18.7. The van der Waals surface area contributed by atoms with Gasteiger partial charge in [-0.2, -0.15) is 0 Å². The summed E-state index contributed by atoms with van der Waals surface area (Å²) >= 11 is 3.03. The third-order valence-electron chi connectivity index (χ3n) is 4.10. The van der Waals surface area contributed by atoms with Crippen LogP contribution in [0.4, 0.5) is 5.13 Å². The number of thiazole rings is 1. The van der Waals surface area contributed by atoms with E-state index in [1.807, 2.05) is 19.1 Å². The van der Waals surface area contributed by atoms with Crippen molar-refractivity contribution in [3.05, 3.63) is 21.9 Å². The van der Waals surface area contributed by atoms with Crippen molar-refractivity contribution >= 4 is 39.6 Å². The Labute approximate surface area is 160 Å². The van der Waals surface area contributed by atoms with Gasteiger partial charge in [0, 0.05) is 23.2 Å². The maximum atomic E-state index is 12.3. The van der Waals surface area contributed by atoms with Crippen molar-refractivity contribution in [3.8, 4) is 10.6 Å². The second-order valence-corrected chi connectivity index (χ2v) is 8.52. The molecule has 140 valence electrons. The van der Waals surface area contributed by atoms with Crippen molar-refractivity contribution in [1.29, 1.82) is 0 Å². The number of thiophene rings is 1. The number of nitrogens with two attached hydrogens (primary N) is 1. The molecule has 1 saturated heterocycles. The van der Waals surface area contributed by atoms with Crippen molar-refractivity contribution in [2.45, 2.75) is 45.4 Å². The molecule has 9 heteroatoms. The van der Waals surface area contributed by atoms with Gasteiger partial charge in [-0.25, -0.2) is 4.98 Å². The Balaban J connectivity index is 1.65. The molecule has 0 saturated carbocycles. The predicted octanol–water partition coefficient (Wildman–Crippen LogP) is 2.26. The predicted molar refractivity (Wildman–Crippen MR) is 103 cm³/mol. The van der Waals surface area contributed by atoms with Gasteiger partial charge in [0.2, 0.25) is 5.91 Å². The highest BCUT2D eigenvalue weighted by Crippen LogP contribution is 2.35. The van der Waals surface area contributed by atoms with E-state index in [-0.39, 0.29) is 17.9 Å². The van der Waals surface area contributed by atoms with Crippen LogP contribution in [0.5, 0.6) is 0 Å². The number of nitrogens with zero attached hydrogens (tertiary/aromatic N) is 1. The average Bonchev–Trinajstić information content (AvgIpc) is 3.32. The van der Waals surface area contributed by atoms with Crippen LogP contribution >= 0.6 is 22.7 Å². The molecule has 2 aromatic heterocycles. The topological polar surface area (TPSA) is 106 Å². The molecule has 2 aromatic rings. The molecule has 1 aliphatic rings. The lowest BCUT2D eigenvalue weighted by Gasteiger charge is -2.11. The van der Waals surface area contributed by atoms with Gasteiger partial charge in [0.15, 0.2) is 5.13 Å². The first-order chi connectivity index (χ1) is 12.5. The summed E-state index contributed by atoms with van der Waals surface area (Å²) in [5, 5.41) is 6.21. The van der Waals surface area contributed by atoms with Crippen molar-refractivity contribution < 1.29 is 14.3 Å². The lowest BCUT2D eigenvalue weighted by atomic mass is 10.2. The Morgan fingerprint density at radius 1 is 1.35 bits per heavy atom. The third-order valence-corrected chi connectivity index (χ3v) is 6.07. The van der Waals surface area contributed by atoms with Crippen LogP contribution in [-0.2, 0) is 20.9 Å². The third kappa shape index (κ3) is 4.47. The quantitative estimate of drug-likeness (QED) is 0.697. The Morgan fingerprint density at radius 2 is 2.15 bits per heavy atom. The number of ether oxygens (including phenoxy) is 1. The maximum absolute atomic E-state index is 12.3. The highest BCUT2D eigenvalue weighted by Gasteiger charge is 2.30. The maximum Gasteiger partial charge on any atom is 0.255 e. The van der Waals surface area contributed by atoms with Gasteiger partial charge in [0.25, 0.3) is 5.91 Å². The summed E-state index contributed by atoms with van der Waals surface area (Å²) in [6.45, 7) is 4.42. The molecule has 0 spiro atoms. The summed E-state index contributed by atoms with van der Waals surface area (Å²) < 4.78 is 5.62. The number of carbonyl (C=O) groups excluding carboxylic acids is 2. The van der Waals surface area contributed by atoms with Crippen LogP contribution in [0.3, 0.4) is 0 Å². The number of carbonyl (C=O) groups is 2. The second-order valence-electron chi connectivity index (χ2n) is 6.15. The van der Waals surface area contributed by atoms with Gasteiger partial charge in [-0.05, 0) is 31.9 Å². The minimum Gasteiger partial charge on any atom is -0.364 e. The summed E-state index contributed by atoms with van der Waals surface area (Å²) in [4.78, 5) is 31.0. The highest BCUT2D eigenvalue weighted by atomic mass is 32.1. The Bertz CT molecular complexity index is 802. The van der Waals surface area contributed by atoms with Gasteiger partial charge in [-0.3, -0.25) is 14.9 Å². The van der Waals surface area contributed by atoms with Gasteiger partial charge in [0.05, 0.1) is 23.2 Å². The van der Waals surface area contributed by atoms with Gasteiger partial charge >= 0.3 is 0 Å². The molecule has 2 amide bonds. The SMILES string of the molecule is CC(=O)NCc1ccc(-c2nc(NC(=O)[C@@H]3CC[C@H](CN)O3)sc2C)s1. The lowest BCUT2D eigenvalue weighted by molar-refractivity contribution is -0.126. The molecule has 3 heterocycles. The van der Waals surface area contributed by atoms with E-state index in [4.69, 9.17) is 10.5 Å². The van der Waals surface area contributed by atoms with Gasteiger partial charge in [-0.1, -0.05) is 0 Å². The summed E-state index contributed by atoms with van der Waals surface area (Å²) in [5.74, 6) is -0.223. The van der Waals surface area contributed by atoms with Crippen LogP contribution in [-0.4, -0.2) is 35.6 Å². The highest BCUT2D eigenvalue weighted by molar-refractivity contribution is 7.18. The first-order valence-electron chi connectivity index (χ1n) is 8.43. The molecule has 0 unspecified atom stereocenters. The zero-order valence-electron chi connectivity index (χ0n) is 14.7. The normalized spacial score (nSPS) is 19.5. The zero-order valence-corrected chi connectivity index (χ0v) is 16.3. The number of nitrogens with one attached hydrogen (secondary N) is 2. The number of rotatable bonds is 6. The van der Waals surface area contributed by atoms with Gasteiger partial charge in [-0.15, -0.1) is 22.7 Å². The monoisotopic (exact) mass is 394 g/mol. The van der Waals surface area contributed by atoms with Crippen molar-refractivity contribution in [3.63, 3.8) is 0 Å². The molecule has 4 N–H and O–H groups in total. The molecule has 2 atom stereocenters. The molecule has 3 rings (SSSR count). The number of hydrogen-bond donors (Lipinski definition) is 3. The van der Waals surface area contributed by atoms with Crippen LogP contribution in [0, 0.1) is 6.92 Å². The Morgan fingerprint density at radius 3 is 2.85 bits per heavy atom. The molecule has 0 aliphatic carbocycles. The molecule has 0 aromatic carbocycles. The minimum absolute atomic E-state index is 0.0347. The van der Waals surface area contributed by atoms with E-state index < -0.39 is 6.10 Å². The molecule has 0 radical (unpaired) electrons. The van der Waals surface area contributed by atoms with E-state index >= 15 is 0 Å². The average molecular weight is 395 g/mol. The van der Waals surface area contributed by atoms with E-state index in [9.17, 15) is 9.59 Å². The van der Waals surface area contributed by atoms with Crippen LogP contribution in [0.1, 0.15) is 29.5 Å². The van der Waals surface area contributed by atoms with Gasteiger partial charge < -0.3 is 15.8 Å². The fourth-order valence-electron chi connectivity index (χ4n) is 2.75. The number of aryl methyl sites for hydroxylation is 1. The van der Waals surface area contributed by atoms with Crippen LogP contribution in [0.2, 0.25) is 0 Å². The molecule has 1 aliphatic heterocycles. The summed E-state index contributed by atoms with van der Waals surface area (Å²) in [6.07, 6.45) is 1.00.